The number of fused-ring (bicyclic) bond motifs is 1. The van der Waals surface area contributed by atoms with Crippen molar-refractivity contribution < 1.29 is 19.5 Å². The Labute approximate surface area is 244 Å². The van der Waals surface area contributed by atoms with E-state index in [2.05, 4.69) is 20.1 Å². The van der Waals surface area contributed by atoms with E-state index in [9.17, 15) is 19.5 Å². The predicted octanol–water partition coefficient (Wildman–Crippen LogP) is 4.41. The number of thioether (sulfide) groups is 1. The fourth-order valence-corrected chi connectivity index (χ4v) is 9.42. The topological polar surface area (TPSA) is 81.2 Å². The smallest absolute Gasteiger partial charge is 0.251 e. The van der Waals surface area contributed by atoms with Gasteiger partial charge in [0.2, 0.25) is 11.8 Å². The molecule has 3 unspecified atom stereocenters. The molecule has 5 rings (SSSR count). The standard InChI is InChI=1S/C31H34ClN3O4S/c1-4-15-33(22-9-7-6-8-10-22)28(37)25-24-19-20(3)31(40-24)26(25)29(38)35(17-18-36)27(31)30(39)34(16-5-2)23-13-11-21(32)12-14-23/h4-14,20,24-27,36H,1-2,15-19H2,3H3/t20?,24-,25+,26-,27?,31?/m0/s1. The van der Waals surface area contributed by atoms with Crippen LogP contribution in [0.25, 0.3) is 0 Å². The van der Waals surface area contributed by atoms with E-state index >= 15 is 0 Å². The molecule has 210 valence electrons. The van der Waals surface area contributed by atoms with E-state index in [1.807, 2.05) is 30.3 Å². The number of amides is 3. The van der Waals surface area contributed by atoms with E-state index < -0.39 is 22.6 Å². The summed E-state index contributed by atoms with van der Waals surface area (Å²) in [7, 11) is 0. The molecule has 3 heterocycles. The number of nitrogens with zero attached hydrogens (tertiary/aromatic N) is 3. The molecule has 3 amide bonds. The maximum Gasteiger partial charge on any atom is 0.251 e. The second kappa shape index (κ2) is 11.4. The minimum atomic E-state index is -0.833. The largest absolute Gasteiger partial charge is 0.395 e. The number of anilines is 2. The van der Waals surface area contributed by atoms with Crippen molar-refractivity contribution in [2.45, 2.75) is 29.4 Å². The predicted molar refractivity (Wildman–Crippen MR) is 160 cm³/mol. The molecule has 3 aliphatic heterocycles. The number of carbonyl (C=O) groups is 3. The van der Waals surface area contributed by atoms with Crippen LogP contribution in [0.4, 0.5) is 11.4 Å². The summed E-state index contributed by atoms with van der Waals surface area (Å²) < 4.78 is -0.795. The minimum Gasteiger partial charge on any atom is -0.395 e. The first-order valence-corrected chi connectivity index (χ1v) is 14.8. The van der Waals surface area contributed by atoms with Crippen LogP contribution in [-0.4, -0.2) is 70.0 Å². The summed E-state index contributed by atoms with van der Waals surface area (Å²) in [4.78, 5) is 47.8. The molecule has 1 spiro atoms. The van der Waals surface area contributed by atoms with Crippen LogP contribution < -0.4 is 9.80 Å². The van der Waals surface area contributed by atoms with Crippen LogP contribution in [0.1, 0.15) is 13.3 Å². The van der Waals surface area contributed by atoms with Gasteiger partial charge in [0.05, 0.1) is 23.2 Å². The van der Waals surface area contributed by atoms with Gasteiger partial charge in [-0.05, 0) is 48.7 Å². The molecule has 0 aromatic heterocycles. The highest BCUT2D eigenvalue weighted by molar-refractivity contribution is 8.02. The lowest BCUT2D eigenvalue weighted by atomic mass is 9.65. The van der Waals surface area contributed by atoms with Gasteiger partial charge in [-0.3, -0.25) is 14.4 Å². The van der Waals surface area contributed by atoms with Crippen molar-refractivity contribution in [1.82, 2.24) is 4.90 Å². The van der Waals surface area contributed by atoms with Crippen molar-refractivity contribution >= 4 is 52.5 Å². The Morgan fingerprint density at radius 3 is 2.25 bits per heavy atom. The van der Waals surface area contributed by atoms with Gasteiger partial charge in [-0.2, -0.15) is 0 Å². The molecule has 7 nitrogen and oxygen atoms in total. The number of hydrogen-bond donors (Lipinski definition) is 1. The lowest BCUT2D eigenvalue weighted by Gasteiger charge is -2.41. The number of rotatable bonds is 10. The third-order valence-electron chi connectivity index (χ3n) is 8.47. The number of benzene rings is 2. The van der Waals surface area contributed by atoms with Gasteiger partial charge in [0.25, 0.3) is 5.91 Å². The molecule has 1 N–H and O–H groups in total. The lowest BCUT2D eigenvalue weighted by molar-refractivity contribution is -0.139. The van der Waals surface area contributed by atoms with Crippen LogP contribution in [0.5, 0.6) is 0 Å². The zero-order valence-electron chi connectivity index (χ0n) is 22.5. The molecule has 0 radical (unpaired) electrons. The van der Waals surface area contributed by atoms with Gasteiger partial charge >= 0.3 is 0 Å². The van der Waals surface area contributed by atoms with E-state index in [0.29, 0.717) is 17.3 Å². The lowest BCUT2D eigenvalue weighted by Crippen LogP contribution is -2.58. The van der Waals surface area contributed by atoms with E-state index in [1.54, 1.807) is 58.0 Å². The van der Waals surface area contributed by atoms with Crippen molar-refractivity contribution in [1.29, 1.82) is 0 Å². The fourth-order valence-electron chi connectivity index (χ4n) is 6.89. The average Bonchev–Trinajstić information content (AvgIpc) is 3.55. The van der Waals surface area contributed by atoms with Crippen molar-refractivity contribution in [3.05, 3.63) is 84.9 Å². The Kier molecular flexibility index (Phi) is 8.13. The van der Waals surface area contributed by atoms with E-state index in [-0.39, 0.29) is 48.6 Å². The molecule has 3 aliphatic rings. The summed E-state index contributed by atoms with van der Waals surface area (Å²) in [5.41, 5.74) is 1.39. The third-order valence-corrected chi connectivity index (χ3v) is 10.8. The second-order valence-corrected chi connectivity index (χ2v) is 12.6. The maximum absolute atomic E-state index is 14.5. The van der Waals surface area contributed by atoms with E-state index in [4.69, 9.17) is 11.6 Å². The number of β-amino-alcohol motifs (C(OH)–C–C–N with tert-alkyl or cyclic N) is 1. The molecule has 2 aromatic rings. The Morgan fingerprint density at radius 1 is 1.05 bits per heavy atom. The van der Waals surface area contributed by atoms with Crippen LogP contribution in [0.3, 0.4) is 0 Å². The van der Waals surface area contributed by atoms with Gasteiger partial charge < -0.3 is 19.8 Å². The Balaban J connectivity index is 1.57. The van der Waals surface area contributed by atoms with Gasteiger partial charge in [-0.25, -0.2) is 0 Å². The molecule has 6 atom stereocenters. The second-order valence-electron chi connectivity index (χ2n) is 10.6. The molecule has 9 heteroatoms. The normalized spacial score (nSPS) is 28.3. The number of aliphatic hydroxyl groups is 1. The highest BCUT2D eigenvalue weighted by Gasteiger charge is 2.76. The van der Waals surface area contributed by atoms with Crippen LogP contribution in [0, 0.1) is 17.8 Å². The Morgan fingerprint density at radius 2 is 1.65 bits per heavy atom. The van der Waals surface area contributed by atoms with Gasteiger partial charge in [0, 0.05) is 41.3 Å². The molecular formula is C31H34ClN3O4S. The first-order valence-electron chi connectivity index (χ1n) is 13.5. The average molecular weight is 580 g/mol. The monoisotopic (exact) mass is 579 g/mol. The first-order chi connectivity index (χ1) is 19.3. The van der Waals surface area contributed by atoms with Gasteiger partial charge in [0.1, 0.15) is 6.04 Å². The molecule has 0 aliphatic carbocycles. The summed E-state index contributed by atoms with van der Waals surface area (Å²) in [5.74, 6) is -1.87. The van der Waals surface area contributed by atoms with Crippen molar-refractivity contribution in [3.63, 3.8) is 0 Å². The van der Waals surface area contributed by atoms with Crippen LogP contribution >= 0.6 is 23.4 Å². The van der Waals surface area contributed by atoms with Crippen LogP contribution in [-0.2, 0) is 14.4 Å². The number of hydrogen-bond acceptors (Lipinski definition) is 5. The molecule has 3 fully saturated rings. The van der Waals surface area contributed by atoms with Crippen molar-refractivity contribution in [2.75, 3.05) is 36.0 Å². The van der Waals surface area contributed by atoms with Crippen LogP contribution in [0.2, 0.25) is 5.02 Å². The zero-order chi connectivity index (χ0) is 28.6. The summed E-state index contributed by atoms with van der Waals surface area (Å²) in [6, 6.07) is 15.5. The highest BCUT2D eigenvalue weighted by Crippen LogP contribution is 2.69. The van der Waals surface area contributed by atoms with Gasteiger partial charge in [-0.1, -0.05) is 48.9 Å². The molecule has 0 saturated carbocycles. The number of likely N-dealkylation sites (tertiary alicyclic amines) is 1. The van der Waals surface area contributed by atoms with Crippen LogP contribution in [0.15, 0.2) is 79.9 Å². The fraction of sp³-hybridized carbons (Fsp3) is 0.387. The molecule has 40 heavy (non-hydrogen) atoms. The number of aliphatic hydroxyl groups excluding tert-OH is 1. The Bertz CT molecular complexity index is 1310. The minimum absolute atomic E-state index is 0.0125. The zero-order valence-corrected chi connectivity index (χ0v) is 24.1. The van der Waals surface area contributed by atoms with Gasteiger partial charge in [0.15, 0.2) is 0 Å². The molecule has 3 saturated heterocycles. The molecule has 2 bridgehead atoms. The molecular weight excluding hydrogens is 546 g/mol. The summed E-state index contributed by atoms with van der Waals surface area (Å²) >= 11 is 7.73. The highest BCUT2D eigenvalue weighted by atomic mass is 35.5. The summed E-state index contributed by atoms with van der Waals surface area (Å²) in [5, 5.41) is 10.4. The maximum atomic E-state index is 14.5. The number of halogens is 1. The van der Waals surface area contributed by atoms with E-state index in [0.717, 1.165) is 12.1 Å². The summed E-state index contributed by atoms with van der Waals surface area (Å²) in [6.45, 7) is 10.1. The number of carbonyl (C=O) groups excluding carboxylic acids is 3. The van der Waals surface area contributed by atoms with Gasteiger partial charge in [-0.15, -0.1) is 24.9 Å². The molecule has 2 aromatic carbocycles. The first kappa shape index (κ1) is 28.5. The Hall–Kier alpha value is -3.07. The SMILES string of the molecule is C=CCN(C(=O)C1N(CCO)C(=O)[C@@H]2[C@H](C(=O)N(CC=C)c3ccccc3)[C@@H]3CC(C)C12S3)c1ccc(Cl)cc1. The van der Waals surface area contributed by atoms with Crippen molar-refractivity contribution in [3.8, 4) is 0 Å². The van der Waals surface area contributed by atoms with E-state index in [1.165, 1.54) is 4.90 Å². The summed E-state index contributed by atoms with van der Waals surface area (Å²) in [6.07, 6.45) is 4.06. The third kappa shape index (κ3) is 4.46. The van der Waals surface area contributed by atoms with Crippen molar-refractivity contribution in [2.24, 2.45) is 17.8 Å². The number of para-hydroxylation sites is 1. The quantitative estimate of drug-likeness (QED) is 0.422.